The van der Waals surface area contributed by atoms with Gasteiger partial charge in [0, 0.05) is 11.3 Å². The van der Waals surface area contributed by atoms with Crippen LogP contribution >= 0.6 is 0 Å². The van der Waals surface area contributed by atoms with E-state index in [0.717, 1.165) is 37.8 Å². The van der Waals surface area contributed by atoms with Gasteiger partial charge in [-0.1, -0.05) is 43.2 Å². The van der Waals surface area contributed by atoms with Crippen LogP contribution in [0.4, 0.5) is 5.69 Å². The second-order valence-corrected chi connectivity index (χ2v) is 6.18. The first-order chi connectivity index (χ1) is 11.2. The molecule has 0 radical (unpaired) electrons. The fourth-order valence-electron chi connectivity index (χ4n) is 3.64. The Morgan fingerprint density at radius 2 is 1.61 bits per heavy atom. The topological polar surface area (TPSA) is 37.4 Å². The lowest BCUT2D eigenvalue weighted by atomic mass is 9.86. The van der Waals surface area contributed by atoms with Crippen molar-refractivity contribution in [2.75, 3.05) is 4.90 Å². The van der Waals surface area contributed by atoms with Gasteiger partial charge in [0.25, 0.3) is 0 Å². The van der Waals surface area contributed by atoms with Crippen molar-refractivity contribution in [2.45, 2.75) is 38.1 Å². The summed E-state index contributed by atoms with van der Waals surface area (Å²) in [6.45, 7) is 1.55. The quantitative estimate of drug-likeness (QED) is 0.609. The Morgan fingerprint density at radius 3 is 2.13 bits per heavy atom. The average Bonchev–Trinajstić information content (AvgIpc) is 3.07. The van der Waals surface area contributed by atoms with E-state index in [4.69, 9.17) is 0 Å². The highest BCUT2D eigenvalue weighted by Crippen LogP contribution is 2.45. The van der Waals surface area contributed by atoms with Gasteiger partial charge < -0.3 is 4.90 Å². The number of ketones is 1. The number of nitrogens with zero attached hydrogens (tertiary/aromatic N) is 1. The second kappa shape index (κ2) is 6.37. The largest absolute Gasteiger partial charge is 0.305 e. The molecule has 3 heteroatoms. The molecule has 0 heterocycles. The molecule has 1 aliphatic rings. The van der Waals surface area contributed by atoms with E-state index in [1.165, 1.54) is 5.56 Å². The SMILES string of the molecule is CC(=O)c1ccc(N(C=O)C2(c3ccccc3)CCCC2)cc1. The van der Waals surface area contributed by atoms with Crippen molar-refractivity contribution < 1.29 is 9.59 Å². The van der Waals surface area contributed by atoms with Gasteiger partial charge in [0.05, 0.1) is 5.54 Å². The molecule has 2 aromatic rings. The molecule has 23 heavy (non-hydrogen) atoms. The molecular weight excluding hydrogens is 286 g/mol. The Hall–Kier alpha value is -2.42. The standard InChI is InChI=1S/C20H21NO2/c1-16(23)17-9-11-19(12-10-17)21(15-22)20(13-5-6-14-20)18-7-3-2-4-8-18/h2-4,7-12,15H,5-6,13-14H2,1H3. The maximum absolute atomic E-state index is 11.9. The maximum Gasteiger partial charge on any atom is 0.214 e. The zero-order valence-corrected chi connectivity index (χ0v) is 13.4. The summed E-state index contributed by atoms with van der Waals surface area (Å²) in [5.74, 6) is 0.0350. The lowest BCUT2D eigenvalue weighted by Crippen LogP contribution is -2.43. The molecule has 1 fully saturated rings. The second-order valence-electron chi connectivity index (χ2n) is 6.18. The van der Waals surface area contributed by atoms with Crippen LogP contribution in [-0.4, -0.2) is 12.2 Å². The monoisotopic (exact) mass is 307 g/mol. The Morgan fingerprint density at radius 1 is 1.00 bits per heavy atom. The smallest absolute Gasteiger partial charge is 0.214 e. The van der Waals surface area contributed by atoms with E-state index in [1.807, 2.05) is 35.2 Å². The normalized spacial score (nSPS) is 16.0. The van der Waals surface area contributed by atoms with Gasteiger partial charge in [-0.2, -0.15) is 0 Å². The lowest BCUT2D eigenvalue weighted by Gasteiger charge is -2.39. The molecule has 1 aliphatic carbocycles. The first-order valence-electron chi connectivity index (χ1n) is 8.08. The summed E-state index contributed by atoms with van der Waals surface area (Å²) in [4.78, 5) is 25.2. The van der Waals surface area contributed by atoms with Gasteiger partial charge in [-0.05, 0) is 49.6 Å². The number of hydrogen-bond donors (Lipinski definition) is 0. The van der Waals surface area contributed by atoms with Crippen LogP contribution < -0.4 is 4.90 Å². The van der Waals surface area contributed by atoms with Gasteiger partial charge in [0.1, 0.15) is 0 Å². The first-order valence-corrected chi connectivity index (χ1v) is 8.08. The van der Waals surface area contributed by atoms with Crippen molar-refractivity contribution in [3.8, 4) is 0 Å². The van der Waals surface area contributed by atoms with Crippen molar-refractivity contribution in [3.63, 3.8) is 0 Å². The van der Waals surface area contributed by atoms with E-state index in [2.05, 4.69) is 12.1 Å². The molecule has 0 aliphatic heterocycles. The van der Waals surface area contributed by atoms with Crippen LogP contribution in [0.2, 0.25) is 0 Å². The molecule has 1 amide bonds. The third kappa shape index (κ3) is 2.79. The predicted octanol–water partition coefficient (Wildman–Crippen LogP) is 4.32. The van der Waals surface area contributed by atoms with Crippen LogP contribution in [0, 0.1) is 0 Å². The highest BCUT2D eigenvalue weighted by atomic mass is 16.1. The summed E-state index contributed by atoms with van der Waals surface area (Å²) in [5, 5.41) is 0. The molecule has 0 spiro atoms. The minimum atomic E-state index is -0.277. The van der Waals surface area contributed by atoms with Gasteiger partial charge in [-0.25, -0.2) is 0 Å². The fourth-order valence-corrected chi connectivity index (χ4v) is 3.64. The molecule has 0 N–H and O–H groups in total. The van der Waals surface area contributed by atoms with Gasteiger partial charge >= 0.3 is 0 Å². The van der Waals surface area contributed by atoms with E-state index >= 15 is 0 Å². The number of Topliss-reactive ketones (excluding diaryl/α,β-unsaturated/α-hetero) is 1. The van der Waals surface area contributed by atoms with Crippen molar-refractivity contribution in [3.05, 3.63) is 65.7 Å². The zero-order valence-electron chi connectivity index (χ0n) is 13.4. The number of carbonyl (C=O) groups is 2. The van der Waals surface area contributed by atoms with Crippen LogP contribution in [0.3, 0.4) is 0 Å². The minimum Gasteiger partial charge on any atom is -0.305 e. The first kappa shape index (κ1) is 15.5. The summed E-state index contributed by atoms with van der Waals surface area (Å²) in [7, 11) is 0. The van der Waals surface area contributed by atoms with E-state index in [0.29, 0.717) is 5.56 Å². The van der Waals surface area contributed by atoms with Crippen LogP contribution in [0.1, 0.15) is 48.5 Å². The minimum absolute atomic E-state index is 0.0350. The molecule has 0 saturated heterocycles. The predicted molar refractivity (Wildman–Crippen MR) is 91.6 cm³/mol. The number of benzene rings is 2. The van der Waals surface area contributed by atoms with Crippen molar-refractivity contribution in [1.29, 1.82) is 0 Å². The molecule has 3 nitrogen and oxygen atoms in total. The molecule has 0 unspecified atom stereocenters. The molecular formula is C20H21NO2. The molecule has 0 bridgehead atoms. The number of carbonyl (C=O) groups excluding carboxylic acids is 2. The van der Waals surface area contributed by atoms with E-state index < -0.39 is 0 Å². The molecule has 0 aromatic heterocycles. The number of anilines is 1. The Kier molecular flexibility index (Phi) is 4.28. The zero-order chi connectivity index (χ0) is 16.3. The van der Waals surface area contributed by atoms with Crippen LogP contribution in [-0.2, 0) is 10.3 Å². The molecule has 2 aromatic carbocycles. The van der Waals surface area contributed by atoms with Gasteiger partial charge in [0.2, 0.25) is 6.41 Å². The van der Waals surface area contributed by atoms with E-state index in [1.54, 1.807) is 19.1 Å². The lowest BCUT2D eigenvalue weighted by molar-refractivity contribution is -0.108. The third-order valence-electron chi connectivity index (χ3n) is 4.86. The Bertz CT molecular complexity index is 685. The van der Waals surface area contributed by atoms with Gasteiger partial charge in [0.15, 0.2) is 5.78 Å². The highest BCUT2D eigenvalue weighted by Gasteiger charge is 2.41. The van der Waals surface area contributed by atoms with Gasteiger partial charge in [-0.3, -0.25) is 9.59 Å². The highest BCUT2D eigenvalue weighted by molar-refractivity contribution is 5.94. The van der Waals surface area contributed by atoms with Crippen molar-refractivity contribution >= 4 is 17.9 Å². The molecule has 118 valence electrons. The number of rotatable bonds is 5. The molecule has 3 rings (SSSR count). The summed E-state index contributed by atoms with van der Waals surface area (Å²) in [5.41, 5.74) is 2.41. The number of hydrogen-bond acceptors (Lipinski definition) is 2. The average molecular weight is 307 g/mol. The van der Waals surface area contributed by atoms with E-state index in [-0.39, 0.29) is 11.3 Å². The Balaban J connectivity index is 2.03. The summed E-state index contributed by atoms with van der Waals surface area (Å²) >= 11 is 0. The van der Waals surface area contributed by atoms with Crippen LogP contribution in [0.25, 0.3) is 0 Å². The van der Waals surface area contributed by atoms with Crippen LogP contribution in [0.15, 0.2) is 54.6 Å². The van der Waals surface area contributed by atoms with Gasteiger partial charge in [-0.15, -0.1) is 0 Å². The van der Waals surface area contributed by atoms with E-state index in [9.17, 15) is 9.59 Å². The van der Waals surface area contributed by atoms with Crippen molar-refractivity contribution in [2.24, 2.45) is 0 Å². The maximum atomic E-state index is 11.9. The molecule has 0 atom stereocenters. The summed E-state index contributed by atoms with van der Waals surface area (Å²) in [6.07, 6.45) is 5.09. The molecule has 1 saturated carbocycles. The number of amides is 1. The summed E-state index contributed by atoms with van der Waals surface area (Å²) in [6, 6.07) is 17.6. The third-order valence-corrected chi connectivity index (χ3v) is 4.86. The fraction of sp³-hybridized carbons (Fsp3) is 0.300. The van der Waals surface area contributed by atoms with Crippen LogP contribution in [0.5, 0.6) is 0 Å². The summed E-state index contributed by atoms with van der Waals surface area (Å²) < 4.78 is 0. The Labute approximate surface area is 136 Å². The van der Waals surface area contributed by atoms with Crippen molar-refractivity contribution in [1.82, 2.24) is 0 Å².